The molecule has 41 heavy (non-hydrogen) atoms. The Morgan fingerprint density at radius 3 is 2.54 bits per heavy atom. The maximum Gasteiger partial charge on any atom is 0.321 e. The van der Waals surface area contributed by atoms with Crippen LogP contribution in [0.15, 0.2) is 48.9 Å². The van der Waals surface area contributed by atoms with Crippen molar-refractivity contribution in [3.8, 4) is 5.69 Å². The first kappa shape index (κ1) is 26.2. The zero-order valence-corrected chi connectivity index (χ0v) is 23.5. The Morgan fingerprint density at radius 1 is 1.12 bits per heavy atom. The van der Waals surface area contributed by atoms with Gasteiger partial charge in [0, 0.05) is 41.4 Å². The summed E-state index contributed by atoms with van der Waals surface area (Å²) in [5.74, 6) is 0.161. The van der Waals surface area contributed by atoms with Gasteiger partial charge < -0.3 is 20.7 Å². The molecule has 4 aromatic rings. The van der Waals surface area contributed by atoms with E-state index in [0.29, 0.717) is 28.6 Å². The number of benzene rings is 1. The number of aromatic nitrogens is 5. The summed E-state index contributed by atoms with van der Waals surface area (Å²) >= 11 is 0. The van der Waals surface area contributed by atoms with E-state index in [-0.39, 0.29) is 17.7 Å². The number of anilines is 1. The van der Waals surface area contributed by atoms with Gasteiger partial charge in [-0.25, -0.2) is 4.68 Å². The minimum absolute atomic E-state index is 0.0409. The van der Waals surface area contributed by atoms with E-state index in [4.69, 9.17) is 5.10 Å². The average Bonchev–Trinajstić information content (AvgIpc) is 3.87. The van der Waals surface area contributed by atoms with Gasteiger partial charge in [0.25, 0.3) is 5.69 Å². The number of hydrogen-bond donors (Lipinski definition) is 3. The van der Waals surface area contributed by atoms with Crippen molar-refractivity contribution >= 4 is 22.5 Å². The fourth-order valence-corrected chi connectivity index (χ4v) is 6.27. The van der Waals surface area contributed by atoms with E-state index in [1.165, 1.54) is 6.07 Å². The lowest BCUT2D eigenvalue weighted by Crippen LogP contribution is -2.40. The number of rotatable bonds is 7. The lowest BCUT2D eigenvalue weighted by atomic mass is 9.79. The first-order chi connectivity index (χ1) is 19.6. The molecule has 3 aromatic heterocycles. The monoisotopic (exact) mass is 556 g/mol. The second kappa shape index (κ2) is 9.39. The number of amides is 1. The molecule has 0 atom stereocenters. The van der Waals surface area contributed by atoms with E-state index in [1.54, 1.807) is 43.1 Å². The number of pyridine rings is 1. The van der Waals surface area contributed by atoms with Gasteiger partial charge in [0.1, 0.15) is 0 Å². The molecule has 0 spiro atoms. The maximum atomic E-state index is 13.4. The SMILES string of the molecule is CC(C)(O)c1cnn(-c2cc3nn(C4CCC(O)(C5CC5)CC4)cc3cc2NC(=O)c2cccc(C3CC3)[n+]2[O-])c1. The number of fused-ring (bicyclic) bond motifs is 1. The Morgan fingerprint density at radius 2 is 1.88 bits per heavy atom. The first-order valence-corrected chi connectivity index (χ1v) is 14.7. The third-order valence-corrected chi connectivity index (χ3v) is 9.16. The maximum absolute atomic E-state index is 13.4. The molecule has 3 aliphatic rings. The molecular weight excluding hydrogens is 520 g/mol. The van der Waals surface area contributed by atoms with Crippen molar-refractivity contribution < 1.29 is 19.7 Å². The lowest BCUT2D eigenvalue weighted by Gasteiger charge is -2.36. The van der Waals surface area contributed by atoms with Gasteiger partial charge in [0.15, 0.2) is 5.69 Å². The van der Waals surface area contributed by atoms with Crippen molar-refractivity contribution in [2.45, 2.75) is 88.4 Å². The Kier molecular flexibility index (Phi) is 5.99. The zero-order chi connectivity index (χ0) is 28.5. The lowest BCUT2D eigenvalue weighted by molar-refractivity contribution is -0.616. The van der Waals surface area contributed by atoms with Crippen molar-refractivity contribution in [3.63, 3.8) is 0 Å². The molecule has 10 nitrogen and oxygen atoms in total. The number of hydrogen-bond acceptors (Lipinski definition) is 6. The normalized spacial score (nSPS) is 23.2. The zero-order valence-electron chi connectivity index (χ0n) is 23.5. The molecule has 3 heterocycles. The summed E-state index contributed by atoms with van der Waals surface area (Å²) in [7, 11) is 0. The molecule has 0 saturated heterocycles. The molecule has 3 fully saturated rings. The quantitative estimate of drug-likeness (QED) is 0.227. The van der Waals surface area contributed by atoms with E-state index in [9.17, 15) is 20.2 Å². The van der Waals surface area contributed by atoms with Crippen LogP contribution in [0, 0.1) is 11.1 Å². The number of carbonyl (C=O) groups is 1. The third-order valence-electron chi connectivity index (χ3n) is 9.16. The van der Waals surface area contributed by atoms with E-state index in [2.05, 4.69) is 10.4 Å². The van der Waals surface area contributed by atoms with Gasteiger partial charge in [0.2, 0.25) is 0 Å². The van der Waals surface area contributed by atoms with Crippen LogP contribution in [0.2, 0.25) is 0 Å². The predicted molar refractivity (Wildman–Crippen MR) is 153 cm³/mol. The van der Waals surface area contributed by atoms with Gasteiger partial charge in [-0.15, -0.1) is 0 Å². The molecule has 3 N–H and O–H groups in total. The minimum atomic E-state index is -1.09. The Labute approximate surface area is 238 Å². The van der Waals surface area contributed by atoms with Crippen LogP contribution in [-0.2, 0) is 5.60 Å². The summed E-state index contributed by atoms with van der Waals surface area (Å²) < 4.78 is 4.35. The topological polar surface area (TPSA) is 132 Å². The largest absolute Gasteiger partial charge is 0.618 e. The molecule has 0 unspecified atom stereocenters. The molecule has 1 amide bonds. The molecule has 214 valence electrons. The predicted octanol–water partition coefficient (Wildman–Crippen LogP) is 4.47. The Balaban J connectivity index is 1.24. The summed E-state index contributed by atoms with van der Waals surface area (Å²) in [5, 5.41) is 47.7. The van der Waals surface area contributed by atoms with Gasteiger partial charge in [-0.2, -0.15) is 14.9 Å². The van der Waals surface area contributed by atoms with Gasteiger partial charge in [-0.3, -0.25) is 9.48 Å². The van der Waals surface area contributed by atoms with Crippen LogP contribution < -0.4 is 10.0 Å². The van der Waals surface area contributed by atoms with Crippen molar-refractivity contribution in [3.05, 3.63) is 71.1 Å². The van der Waals surface area contributed by atoms with E-state index >= 15 is 0 Å². The Bertz CT molecular complexity index is 1630. The number of nitrogens with zero attached hydrogens (tertiary/aromatic N) is 5. The first-order valence-electron chi connectivity index (χ1n) is 14.7. The van der Waals surface area contributed by atoms with Gasteiger partial charge >= 0.3 is 5.91 Å². The van der Waals surface area contributed by atoms with Crippen LogP contribution in [0.3, 0.4) is 0 Å². The van der Waals surface area contributed by atoms with E-state index in [0.717, 1.165) is 67.0 Å². The molecule has 10 heteroatoms. The second-order valence-electron chi connectivity index (χ2n) is 12.7. The van der Waals surface area contributed by atoms with Crippen LogP contribution >= 0.6 is 0 Å². The molecular formula is C31H36N6O4. The van der Waals surface area contributed by atoms with Crippen molar-refractivity contribution in [2.24, 2.45) is 5.92 Å². The van der Waals surface area contributed by atoms with E-state index in [1.807, 2.05) is 23.0 Å². The van der Waals surface area contributed by atoms with Crippen LogP contribution in [-0.4, -0.2) is 41.3 Å². The standard InChI is InChI=1S/C31H36N6O4/c1-30(2,39)22-16-32-36(18-22)28-15-24-20(17-35(34-24)23-10-12-31(40,13-11-23)21-8-9-21)14-25(28)33-29(38)27-5-3-4-26(37(27)41)19-6-7-19/h3-5,14-19,21,23,39-40H,6-13H2,1-2H3,(H,33,38). The van der Waals surface area contributed by atoms with Gasteiger partial charge in [-0.1, -0.05) is 0 Å². The highest BCUT2D eigenvalue weighted by molar-refractivity contribution is 6.04. The molecule has 7 rings (SSSR count). The summed E-state index contributed by atoms with van der Waals surface area (Å²) in [6, 6.07) is 9.00. The summed E-state index contributed by atoms with van der Waals surface area (Å²) in [6.07, 6.45) is 12.8. The van der Waals surface area contributed by atoms with E-state index < -0.39 is 17.1 Å². The highest BCUT2D eigenvalue weighted by Crippen LogP contribution is 2.49. The molecule has 1 aromatic carbocycles. The van der Waals surface area contributed by atoms with Crippen LogP contribution in [0.1, 0.15) is 98.9 Å². The summed E-state index contributed by atoms with van der Waals surface area (Å²) in [6.45, 7) is 3.38. The number of carbonyl (C=O) groups excluding carboxylic acids is 1. The molecule has 0 bridgehead atoms. The van der Waals surface area contributed by atoms with Crippen molar-refractivity contribution in [2.75, 3.05) is 5.32 Å². The highest BCUT2D eigenvalue weighted by Gasteiger charge is 2.46. The van der Waals surface area contributed by atoms with Gasteiger partial charge in [-0.05, 0) is 89.3 Å². The molecule has 3 aliphatic carbocycles. The van der Waals surface area contributed by atoms with Crippen LogP contribution in [0.4, 0.5) is 5.69 Å². The van der Waals surface area contributed by atoms with Crippen LogP contribution in [0.5, 0.6) is 0 Å². The highest BCUT2D eigenvalue weighted by atomic mass is 16.5. The molecule has 3 saturated carbocycles. The molecule has 0 radical (unpaired) electrons. The van der Waals surface area contributed by atoms with Gasteiger partial charge in [0.05, 0.1) is 40.3 Å². The summed E-state index contributed by atoms with van der Waals surface area (Å²) in [5.41, 5.74) is 1.48. The smallest absolute Gasteiger partial charge is 0.321 e. The van der Waals surface area contributed by atoms with Crippen molar-refractivity contribution in [1.29, 1.82) is 0 Å². The number of aliphatic hydroxyl groups is 2. The Hall–Kier alpha value is -3.76. The minimum Gasteiger partial charge on any atom is -0.618 e. The fraction of sp³-hybridized carbons (Fsp3) is 0.484. The number of nitrogens with one attached hydrogen (secondary N) is 1. The fourth-order valence-electron chi connectivity index (χ4n) is 6.27. The van der Waals surface area contributed by atoms with Crippen LogP contribution in [0.25, 0.3) is 16.6 Å². The second-order valence-corrected chi connectivity index (χ2v) is 12.7. The summed E-state index contributed by atoms with van der Waals surface area (Å²) in [4.78, 5) is 13.4. The third kappa shape index (κ3) is 4.89. The average molecular weight is 557 g/mol. The molecule has 0 aliphatic heterocycles. The van der Waals surface area contributed by atoms with Crippen molar-refractivity contribution in [1.82, 2.24) is 19.6 Å².